The van der Waals surface area contributed by atoms with E-state index >= 15 is 0 Å². The summed E-state index contributed by atoms with van der Waals surface area (Å²) in [4.78, 5) is 36.0. The topological polar surface area (TPSA) is 143 Å². The number of aliphatic carboxylic acids is 1. The minimum Gasteiger partial charge on any atom is -0.480 e. The zero-order valence-electron chi connectivity index (χ0n) is 17.7. The molecule has 1 unspecified atom stereocenters. The fraction of sp³-hybridized carbons (Fsp3) is 0.217. The van der Waals surface area contributed by atoms with E-state index in [0.29, 0.717) is 0 Å². The number of anilines is 1. The SMILES string of the molecule is Cn1cc(C(=O)NC(CO)C(=O)O)c(NC(=O)OCC2c3ccccc3-c3ccccc32)n1. The number of aliphatic hydroxyl groups is 1. The van der Waals surface area contributed by atoms with Crippen molar-refractivity contribution < 1.29 is 29.3 Å². The number of aliphatic hydroxyl groups excluding tert-OH is 1. The molecule has 4 N–H and O–H groups in total. The lowest BCUT2D eigenvalue weighted by Crippen LogP contribution is -2.43. The zero-order valence-corrected chi connectivity index (χ0v) is 17.7. The first-order chi connectivity index (χ1) is 15.9. The van der Waals surface area contributed by atoms with Crippen LogP contribution in [-0.4, -0.2) is 57.2 Å². The maximum Gasteiger partial charge on any atom is 0.412 e. The van der Waals surface area contributed by atoms with Gasteiger partial charge < -0.3 is 20.3 Å². The summed E-state index contributed by atoms with van der Waals surface area (Å²) >= 11 is 0. The summed E-state index contributed by atoms with van der Waals surface area (Å²) in [7, 11) is 1.54. The largest absolute Gasteiger partial charge is 0.480 e. The van der Waals surface area contributed by atoms with E-state index in [0.717, 1.165) is 22.3 Å². The number of carbonyl (C=O) groups excluding carboxylic acids is 2. The summed E-state index contributed by atoms with van der Waals surface area (Å²) in [5.74, 6) is -2.41. The van der Waals surface area contributed by atoms with Gasteiger partial charge in [0.1, 0.15) is 12.2 Å². The van der Waals surface area contributed by atoms with Crippen LogP contribution in [0.2, 0.25) is 0 Å². The molecule has 2 aromatic carbocycles. The number of carbonyl (C=O) groups is 3. The number of nitrogens with zero attached hydrogens (tertiary/aromatic N) is 2. The molecule has 1 atom stereocenters. The van der Waals surface area contributed by atoms with Gasteiger partial charge in [-0.3, -0.25) is 14.8 Å². The van der Waals surface area contributed by atoms with Gasteiger partial charge in [-0.2, -0.15) is 5.10 Å². The van der Waals surface area contributed by atoms with Crippen LogP contribution >= 0.6 is 0 Å². The van der Waals surface area contributed by atoms with Gasteiger partial charge in [-0.05, 0) is 22.3 Å². The van der Waals surface area contributed by atoms with Gasteiger partial charge >= 0.3 is 12.1 Å². The van der Waals surface area contributed by atoms with Gasteiger partial charge in [-0.15, -0.1) is 0 Å². The van der Waals surface area contributed by atoms with Crippen molar-refractivity contribution in [2.75, 3.05) is 18.5 Å². The highest BCUT2D eigenvalue weighted by Crippen LogP contribution is 2.44. The van der Waals surface area contributed by atoms with E-state index in [1.54, 1.807) is 7.05 Å². The Balaban J connectivity index is 1.45. The molecule has 0 fully saturated rings. The van der Waals surface area contributed by atoms with E-state index in [-0.39, 0.29) is 23.9 Å². The Kier molecular flexibility index (Phi) is 6.09. The number of hydrogen-bond acceptors (Lipinski definition) is 6. The zero-order chi connectivity index (χ0) is 23.5. The molecule has 33 heavy (non-hydrogen) atoms. The molecule has 1 aliphatic carbocycles. The highest BCUT2D eigenvalue weighted by molar-refractivity contribution is 6.02. The quantitative estimate of drug-likeness (QED) is 0.431. The maximum absolute atomic E-state index is 12.5. The van der Waals surface area contributed by atoms with Crippen molar-refractivity contribution in [3.8, 4) is 11.1 Å². The monoisotopic (exact) mass is 450 g/mol. The van der Waals surface area contributed by atoms with Crippen molar-refractivity contribution in [1.82, 2.24) is 15.1 Å². The van der Waals surface area contributed by atoms with Crippen LogP contribution in [0, 0.1) is 0 Å². The average molecular weight is 450 g/mol. The van der Waals surface area contributed by atoms with Crippen LogP contribution in [0.5, 0.6) is 0 Å². The molecule has 0 saturated carbocycles. The van der Waals surface area contributed by atoms with E-state index in [2.05, 4.69) is 15.7 Å². The van der Waals surface area contributed by atoms with E-state index in [4.69, 9.17) is 14.9 Å². The number of rotatable bonds is 7. The number of benzene rings is 2. The summed E-state index contributed by atoms with van der Waals surface area (Å²) < 4.78 is 6.76. The van der Waals surface area contributed by atoms with Crippen LogP contribution in [0.15, 0.2) is 54.7 Å². The molecule has 10 nitrogen and oxygen atoms in total. The number of ether oxygens (including phenoxy) is 1. The molecular formula is C23H22N4O6. The molecule has 10 heteroatoms. The standard InChI is InChI=1S/C23H22N4O6/c1-27-10-17(21(29)24-19(11-28)22(30)31)20(26-27)25-23(32)33-12-18-15-8-4-2-6-13(15)14-7-3-5-9-16(14)18/h2-10,18-19,28H,11-12H2,1H3,(H,24,29)(H,30,31)(H,25,26,32). The second kappa shape index (κ2) is 9.13. The number of nitrogens with one attached hydrogen (secondary N) is 2. The molecule has 1 heterocycles. The summed E-state index contributed by atoms with van der Waals surface area (Å²) in [6.45, 7) is -0.698. The van der Waals surface area contributed by atoms with E-state index in [9.17, 15) is 14.4 Å². The molecule has 0 saturated heterocycles. The van der Waals surface area contributed by atoms with Gasteiger partial charge in [0, 0.05) is 19.2 Å². The number of fused-ring (bicyclic) bond motifs is 3. The first kappa shape index (κ1) is 22.0. The summed E-state index contributed by atoms with van der Waals surface area (Å²) in [6, 6.07) is 14.4. The van der Waals surface area contributed by atoms with Crippen LogP contribution in [0.3, 0.4) is 0 Å². The predicted molar refractivity (Wildman–Crippen MR) is 118 cm³/mol. The van der Waals surface area contributed by atoms with Crippen LogP contribution in [-0.2, 0) is 16.6 Å². The summed E-state index contributed by atoms with van der Waals surface area (Å²) in [6.07, 6.45) is 0.520. The number of carboxylic acid groups (broad SMARTS) is 1. The molecule has 2 amide bonds. The van der Waals surface area contributed by atoms with Gasteiger partial charge in [0.25, 0.3) is 5.91 Å². The van der Waals surface area contributed by atoms with Crippen molar-refractivity contribution in [1.29, 1.82) is 0 Å². The predicted octanol–water partition coefficient (Wildman–Crippen LogP) is 1.96. The highest BCUT2D eigenvalue weighted by Gasteiger charge is 2.29. The Hall–Kier alpha value is -4.18. The number of aryl methyl sites for hydroxylation is 1. The van der Waals surface area contributed by atoms with E-state index < -0.39 is 30.6 Å². The number of hydrogen-bond donors (Lipinski definition) is 4. The van der Waals surface area contributed by atoms with Crippen LogP contribution in [0.25, 0.3) is 11.1 Å². The second-order valence-corrected chi connectivity index (χ2v) is 7.56. The maximum atomic E-state index is 12.5. The fourth-order valence-corrected chi connectivity index (χ4v) is 3.90. The lowest BCUT2D eigenvalue weighted by Gasteiger charge is -2.14. The van der Waals surface area contributed by atoms with Gasteiger partial charge in [0.15, 0.2) is 11.9 Å². The van der Waals surface area contributed by atoms with Crippen molar-refractivity contribution >= 4 is 23.8 Å². The smallest absolute Gasteiger partial charge is 0.412 e. The van der Waals surface area contributed by atoms with Gasteiger partial charge in [0.05, 0.1) is 6.61 Å². The average Bonchev–Trinajstić information content (AvgIpc) is 3.33. The molecule has 4 rings (SSSR count). The third-order valence-electron chi connectivity index (χ3n) is 5.42. The van der Waals surface area contributed by atoms with E-state index in [1.165, 1.54) is 10.9 Å². The van der Waals surface area contributed by atoms with Crippen molar-refractivity contribution in [3.63, 3.8) is 0 Å². The van der Waals surface area contributed by atoms with Crippen molar-refractivity contribution in [3.05, 3.63) is 71.4 Å². The molecule has 0 spiro atoms. The van der Waals surface area contributed by atoms with Crippen LogP contribution < -0.4 is 10.6 Å². The Morgan fingerprint density at radius 3 is 2.27 bits per heavy atom. The molecule has 0 radical (unpaired) electrons. The van der Waals surface area contributed by atoms with Crippen molar-refractivity contribution in [2.24, 2.45) is 7.05 Å². The molecule has 0 bridgehead atoms. The van der Waals surface area contributed by atoms with E-state index in [1.807, 2.05) is 48.5 Å². The molecule has 170 valence electrons. The second-order valence-electron chi connectivity index (χ2n) is 7.56. The highest BCUT2D eigenvalue weighted by atomic mass is 16.5. The summed E-state index contributed by atoms with van der Waals surface area (Å²) in [5.41, 5.74) is 4.26. The number of carboxylic acids is 1. The third-order valence-corrected chi connectivity index (χ3v) is 5.42. The first-order valence-corrected chi connectivity index (χ1v) is 10.2. The third kappa shape index (κ3) is 4.41. The Morgan fingerprint density at radius 1 is 1.09 bits per heavy atom. The van der Waals surface area contributed by atoms with Crippen LogP contribution in [0.1, 0.15) is 27.4 Å². The van der Waals surface area contributed by atoms with Crippen LogP contribution in [0.4, 0.5) is 10.6 Å². The molecule has 1 aromatic heterocycles. The van der Waals surface area contributed by atoms with Crippen molar-refractivity contribution in [2.45, 2.75) is 12.0 Å². The Labute approximate surface area is 188 Å². The number of amides is 2. The Bertz CT molecular complexity index is 1180. The molecule has 1 aliphatic rings. The minimum absolute atomic E-state index is 0.0642. The summed E-state index contributed by atoms with van der Waals surface area (Å²) in [5, 5.41) is 26.8. The molecular weight excluding hydrogens is 428 g/mol. The molecule has 0 aliphatic heterocycles. The lowest BCUT2D eigenvalue weighted by atomic mass is 9.98. The van der Waals surface area contributed by atoms with Gasteiger partial charge in [0.2, 0.25) is 0 Å². The normalized spacial score (nSPS) is 13.0. The van der Waals surface area contributed by atoms with Gasteiger partial charge in [-0.25, -0.2) is 9.59 Å². The first-order valence-electron chi connectivity index (χ1n) is 10.2. The van der Waals surface area contributed by atoms with Gasteiger partial charge in [-0.1, -0.05) is 48.5 Å². The lowest BCUT2D eigenvalue weighted by molar-refractivity contribution is -0.140. The molecule has 3 aromatic rings. The fourth-order valence-electron chi connectivity index (χ4n) is 3.90. The number of aromatic nitrogens is 2. The minimum atomic E-state index is -1.49. The Morgan fingerprint density at radius 2 is 1.70 bits per heavy atom.